The minimum Gasteiger partial charge on any atom is -0.481 e. The Bertz CT molecular complexity index is 1410. The summed E-state index contributed by atoms with van der Waals surface area (Å²) in [4.78, 5) is 71.0. The van der Waals surface area contributed by atoms with Crippen LogP contribution in [0, 0.1) is 29.6 Å². The van der Waals surface area contributed by atoms with Gasteiger partial charge in [0.15, 0.2) is 0 Å². The fraction of sp³-hybridized carbons (Fsp3) is 0.732. The van der Waals surface area contributed by atoms with E-state index >= 15 is 0 Å². The largest absolute Gasteiger partial charge is 0.481 e. The lowest BCUT2D eigenvalue weighted by molar-refractivity contribution is -0.148. The van der Waals surface area contributed by atoms with Crippen molar-refractivity contribution in [2.24, 2.45) is 29.6 Å². The van der Waals surface area contributed by atoms with Crippen LogP contribution in [0.15, 0.2) is 30.3 Å². The van der Waals surface area contributed by atoms with Crippen LogP contribution in [-0.2, 0) is 39.9 Å². The van der Waals surface area contributed by atoms with Crippen molar-refractivity contribution in [2.45, 2.75) is 135 Å². The van der Waals surface area contributed by atoms with Crippen LogP contribution < -0.4 is 10.6 Å². The van der Waals surface area contributed by atoms with Gasteiger partial charge in [-0.1, -0.05) is 71.4 Å². The molecule has 3 N–H and O–H groups in total. The molecular formula is C41H64N4O8. The Kier molecular flexibility index (Phi) is 15.4. The van der Waals surface area contributed by atoms with Crippen LogP contribution in [0.2, 0.25) is 0 Å². The van der Waals surface area contributed by atoms with Gasteiger partial charge in [0.1, 0.15) is 11.8 Å². The van der Waals surface area contributed by atoms with Crippen LogP contribution in [0.1, 0.15) is 91.5 Å². The van der Waals surface area contributed by atoms with Gasteiger partial charge in [-0.05, 0) is 61.8 Å². The standard InChI is InChI=1S/C41H64N4O8/c1-9-25(4)37(44(6)40(49)35(24(2)3)43-39(48)36-28-17-18-30(21-28)42-36)33(52-7)23-34(47)45-19-13-16-31(45)38(53-8)26(5)32(46)22-29(41(50)51)20-27-14-11-10-12-15-27/h10-12,14-15,24-26,28-31,33,35-38,42H,9,13,16-23H2,1-8H3,(H,43,48)(H,50,51)/t25-,26-,28-,29+,30-,31-,33+,35-,36?,37-,38+/m0/s1. The molecule has 0 spiro atoms. The molecule has 4 rings (SSSR count). The average Bonchev–Trinajstić information content (AvgIpc) is 3.92. The number of piperidine rings is 1. The molecule has 2 heterocycles. The summed E-state index contributed by atoms with van der Waals surface area (Å²) in [5.74, 6) is -3.12. The molecule has 53 heavy (non-hydrogen) atoms. The normalized spacial score (nSPS) is 25.0. The van der Waals surface area contributed by atoms with Gasteiger partial charge in [-0.2, -0.15) is 0 Å². The number of carboxylic acids is 1. The molecule has 1 unspecified atom stereocenters. The molecule has 1 aromatic rings. The van der Waals surface area contributed by atoms with E-state index in [0.29, 0.717) is 24.9 Å². The van der Waals surface area contributed by atoms with E-state index in [2.05, 4.69) is 10.6 Å². The lowest BCUT2D eigenvalue weighted by Crippen LogP contribution is -2.59. The molecule has 1 aliphatic carbocycles. The van der Waals surface area contributed by atoms with Gasteiger partial charge in [0.25, 0.3) is 0 Å². The number of Topliss-reactive ketones (excluding diaryl/α,β-unsaturated/α-hetero) is 1. The Morgan fingerprint density at radius 1 is 1.00 bits per heavy atom. The SMILES string of the molecule is CC[C@H](C)[C@@H]([C@@H](CC(=O)N1CCC[C@H]1[C@H](OC)[C@@H](C)C(=O)C[C@@H](Cc1ccccc1)C(=O)O)OC)N(C)C(=O)[C@@H](NC(=O)C1N[C@H]2CC[C@H]1C2)C(C)C. The summed E-state index contributed by atoms with van der Waals surface area (Å²) >= 11 is 0. The van der Waals surface area contributed by atoms with E-state index in [1.807, 2.05) is 58.0 Å². The van der Waals surface area contributed by atoms with Crippen molar-refractivity contribution in [1.82, 2.24) is 20.4 Å². The van der Waals surface area contributed by atoms with Gasteiger partial charge in [0, 0.05) is 46.2 Å². The topological polar surface area (TPSA) is 155 Å². The molecule has 3 fully saturated rings. The summed E-state index contributed by atoms with van der Waals surface area (Å²) < 4.78 is 11.9. The predicted molar refractivity (Wildman–Crippen MR) is 202 cm³/mol. The van der Waals surface area contributed by atoms with E-state index < -0.39 is 42.1 Å². The smallest absolute Gasteiger partial charge is 0.307 e. The maximum atomic E-state index is 14.2. The number of likely N-dealkylation sites (N-methyl/N-ethyl adjacent to an activating group) is 1. The summed E-state index contributed by atoms with van der Waals surface area (Å²) in [7, 11) is 4.83. The Morgan fingerprint density at radius 2 is 1.70 bits per heavy atom. The summed E-state index contributed by atoms with van der Waals surface area (Å²) in [5.41, 5.74) is 0.851. The van der Waals surface area contributed by atoms with Gasteiger partial charge < -0.3 is 35.0 Å². The van der Waals surface area contributed by atoms with Gasteiger partial charge in [0.05, 0.1) is 42.7 Å². The summed E-state index contributed by atoms with van der Waals surface area (Å²) in [6, 6.07) is 7.81. The number of carbonyl (C=O) groups excluding carboxylic acids is 4. The van der Waals surface area contributed by atoms with Crippen molar-refractivity contribution in [3.05, 3.63) is 35.9 Å². The third-order valence-electron chi connectivity index (χ3n) is 12.3. The van der Waals surface area contributed by atoms with Gasteiger partial charge >= 0.3 is 5.97 Å². The number of amides is 3. The number of aliphatic carboxylic acids is 1. The number of methoxy groups -OCH3 is 2. The average molecular weight is 741 g/mol. The van der Waals surface area contributed by atoms with Gasteiger partial charge in [-0.3, -0.25) is 24.0 Å². The highest BCUT2D eigenvalue weighted by molar-refractivity contribution is 5.90. The van der Waals surface area contributed by atoms with E-state index in [1.54, 1.807) is 30.9 Å². The monoisotopic (exact) mass is 740 g/mol. The molecule has 0 aromatic heterocycles. The van der Waals surface area contributed by atoms with Crippen LogP contribution >= 0.6 is 0 Å². The predicted octanol–water partition coefficient (Wildman–Crippen LogP) is 4.09. The number of ether oxygens (including phenoxy) is 2. The molecule has 12 nitrogen and oxygen atoms in total. The van der Waals surface area contributed by atoms with E-state index in [1.165, 1.54) is 7.11 Å². The summed E-state index contributed by atoms with van der Waals surface area (Å²) in [6.45, 7) is 10.2. The number of hydrogen-bond acceptors (Lipinski definition) is 8. The van der Waals surface area contributed by atoms with Crippen molar-refractivity contribution in [1.29, 1.82) is 0 Å². The quantitative estimate of drug-likeness (QED) is 0.179. The zero-order valence-corrected chi connectivity index (χ0v) is 33.1. The van der Waals surface area contributed by atoms with Gasteiger partial charge in [0.2, 0.25) is 17.7 Å². The molecule has 2 aliphatic heterocycles. The number of benzene rings is 1. The van der Waals surface area contributed by atoms with Crippen molar-refractivity contribution in [2.75, 3.05) is 27.8 Å². The maximum Gasteiger partial charge on any atom is 0.307 e. The molecule has 296 valence electrons. The van der Waals surface area contributed by atoms with E-state index in [9.17, 15) is 29.1 Å². The molecule has 3 amide bonds. The molecular weight excluding hydrogens is 676 g/mol. The van der Waals surface area contributed by atoms with Crippen LogP contribution in [0.25, 0.3) is 0 Å². The molecule has 11 atom stereocenters. The van der Waals surface area contributed by atoms with Crippen molar-refractivity contribution in [3.63, 3.8) is 0 Å². The third kappa shape index (κ3) is 10.2. The molecule has 1 aromatic carbocycles. The van der Waals surface area contributed by atoms with Crippen molar-refractivity contribution in [3.8, 4) is 0 Å². The lowest BCUT2D eigenvalue weighted by Gasteiger charge is -2.41. The van der Waals surface area contributed by atoms with Crippen LogP contribution in [0.4, 0.5) is 0 Å². The number of nitrogens with zero attached hydrogens (tertiary/aromatic N) is 2. The highest BCUT2D eigenvalue weighted by Gasteiger charge is 2.46. The zero-order chi connectivity index (χ0) is 39.0. The number of likely N-dealkylation sites (tertiary alicyclic amines) is 1. The first-order valence-electron chi connectivity index (χ1n) is 19.7. The molecule has 2 saturated heterocycles. The van der Waals surface area contributed by atoms with Crippen molar-refractivity contribution >= 4 is 29.5 Å². The van der Waals surface area contributed by atoms with Crippen LogP contribution in [0.5, 0.6) is 0 Å². The number of carbonyl (C=O) groups is 5. The minimum atomic E-state index is -1.02. The first kappa shape index (κ1) is 42.4. The van der Waals surface area contributed by atoms with E-state index in [-0.39, 0.29) is 66.7 Å². The zero-order valence-electron chi connectivity index (χ0n) is 33.1. The fourth-order valence-electron chi connectivity index (χ4n) is 9.04. The second kappa shape index (κ2) is 19.3. The van der Waals surface area contributed by atoms with Crippen LogP contribution in [0.3, 0.4) is 0 Å². The van der Waals surface area contributed by atoms with E-state index in [4.69, 9.17) is 9.47 Å². The van der Waals surface area contributed by atoms with Gasteiger partial charge in [-0.15, -0.1) is 0 Å². The Balaban J connectivity index is 1.45. The highest BCUT2D eigenvalue weighted by atomic mass is 16.5. The minimum absolute atomic E-state index is 0.0182. The molecule has 2 bridgehead atoms. The summed E-state index contributed by atoms with van der Waals surface area (Å²) in [5, 5.41) is 16.4. The first-order valence-corrected chi connectivity index (χ1v) is 19.7. The van der Waals surface area contributed by atoms with E-state index in [0.717, 1.165) is 37.7 Å². The Morgan fingerprint density at radius 3 is 2.25 bits per heavy atom. The lowest BCUT2D eigenvalue weighted by atomic mass is 9.85. The maximum absolute atomic E-state index is 14.2. The second-order valence-electron chi connectivity index (χ2n) is 16.1. The number of rotatable bonds is 20. The first-order chi connectivity index (χ1) is 25.2. The van der Waals surface area contributed by atoms with Crippen molar-refractivity contribution < 1.29 is 38.6 Å². The van der Waals surface area contributed by atoms with Crippen LogP contribution in [-0.4, -0.2) is 115 Å². The highest BCUT2D eigenvalue weighted by Crippen LogP contribution is 2.36. The molecule has 0 radical (unpaired) electrons. The molecule has 12 heteroatoms. The second-order valence-corrected chi connectivity index (χ2v) is 16.1. The Hall–Kier alpha value is -3.35. The number of carboxylic acid groups (broad SMARTS) is 1. The summed E-state index contributed by atoms with van der Waals surface area (Å²) in [6.07, 6.45) is 4.11. The Labute approximate surface area is 316 Å². The number of nitrogens with one attached hydrogen (secondary N) is 2. The third-order valence-corrected chi connectivity index (χ3v) is 12.3. The number of hydrogen-bond donors (Lipinski definition) is 3. The number of fused-ring (bicyclic) bond motifs is 2. The fourth-order valence-corrected chi connectivity index (χ4v) is 9.04. The molecule has 1 saturated carbocycles. The molecule has 3 aliphatic rings. The van der Waals surface area contributed by atoms with Gasteiger partial charge in [-0.25, -0.2) is 0 Å². The number of ketones is 1.